The lowest BCUT2D eigenvalue weighted by molar-refractivity contribution is -0.198. The summed E-state index contributed by atoms with van der Waals surface area (Å²) in [5.74, 6) is -3.81. The van der Waals surface area contributed by atoms with Gasteiger partial charge in [0.15, 0.2) is 0 Å². The topological polar surface area (TPSA) is 296 Å². The number of anilines is 1. The van der Waals surface area contributed by atoms with Crippen LogP contribution in [0.15, 0.2) is 24.3 Å². The standard InChI is InChI=1S/C39H54N8O12S/c1-23(2)33(35(54)44-26(7-6-17-42-37(40)56)34(53)43-25-11-9-24(10-12-25)21-58-38(41)57)45-28(48)8-4-3-5-18-46-31(51)19-27(36(46)55)60-22-39(15-16-39)20-32(52)59-47-29(49)13-14-30(47)50/h9-12,23,26-27,33H,3-8,13-22H2,1-2H3,(H2,41,57)(H,43,53)(H,44,54)(H,45,48)(H3,40,42,56)/t26-,27?,33-/m0/s1. The Bertz CT molecular complexity index is 1790. The number of unbranched alkanes of at least 4 members (excludes halogenated alkanes) is 2. The number of nitrogens with one attached hydrogen (secondary N) is 4. The van der Waals surface area contributed by atoms with Crippen LogP contribution in [0.5, 0.6) is 0 Å². The molecule has 0 bridgehead atoms. The van der Waals surface area contributed by atoms with Crippen molar-refractivity contribution < 1.29 is 57.5 Å². The molecule has 0 radical (unpaired) electrons. The second-order valence-electron chi connectivity index (χ2n) is 15.5. The van der Waals surface area contributed by atoms with Crippen LogP contribution in [0.25, 0.3) is 0 Å². The third-order valence-corrected chi connectivity index (χ3v) is 11.8. The third kappa shape index (κ3) is 14.5. The Balaban J connectivity index is 1.19. The Labute approximate surface area is 351 Å². The van der Waals surface area contributed by atoms with Crippen molar-refractivity contribution in [1.82, 2.24) is 25.9 Å². The second-order valence-corrected chi connectivity index (χ2v) is 16.7. The van der Waals surface area contributed by atoms with E-state index in [1.807, 2.05) is 0 Å². The van der Waals surface area contributed by atoms with E-state index in [2.05, 4.69) is 21.3 Å². The van der Waals surface area contributed by atoms with Gasteiger partial charge in [-0.25, -0.2) is 14.4 Å². The van der Waals surface area contributed by atoms with E-state index in [1.165, 1.54) is 16.7 Å². The molecular formula is C39H54N8O12S. The summed E-state index contributed by atoms with van der Waals surface area (Å²) in [7, 11) is 0. The first-order valence-electron chi connectivity index (χ1n) is 19.9. The predicted molar refractivity (Wildman–Crippen MR) is 214 cm³/mol. The predicted octanol–water partition coefficient (Wildman–Crippen LogP) is 1.49. The highest BCUT2D eigenvalue weighted by atomic mass is 32.2. The number of imide groups is 2. The lowest BCUT2D eigenvalue weighted by Gasteiger charge is -2.25. The fourth-order valence-corrected chi connectivity index (χ4v) is 8.05. The van der Waals surface area contributed by atoms with E-state index in [9.17, 15) is 47.9 Å². The number of urea groups is 1. The quantitative estimate of drug-likeness (QED) is 0.0635. The van der Waals surface area contributed by atoms with Gasteiger partial charge < -0.3 is 42.3 Å². The highest BCUT2D eigenvalue weighted by Gasteiger charge is 2.48. The summed E-state index contributed by atoms with van der Waals surface area (Å²) in [6.07, 6.45) is 2.46. The zero-order chi connectivity index (χ0) is 44.0. The van der Waals surface area contributed by atoms with Gasteiger partial charge in [0.2, 0.25) is 29.5 Å². The zero-order valence-electron chi connectivity index (χ0n) is 33.8. The van der Waals surface area contributed by atoms with E-state index in [0.29, 0.717) is 47.8 Å². The van der Waals surface area contributed by atoms with Gasteiger partial charge in [0, 0.05) is 50.2 Å². The number of amides is 10. The number of thioether (sulfide) groups is 1. The van der Waals surface area contributed by atoms with Gasteiger partial charge in [0.25, 0.3) is 11.8 Å². The number of hydroxylamine groups is 2. The number of benzene rings is 1. The number of nitrogens with two attached hydrogens (primary N) is 2. The van der Waals surface area contributed by atoms with Gasteiger partial charge in [-0.15, -0.1) is 16.8 Å². The molecule has 3 aliphatic rings. The highest BCUT2D eigenvalue weighted by Crippen LogP contribution is 2.52. The number of carbonyl (C=O) groups excluding carboxylic acids is 10. The molecule has 1 aromatic carbocycles. The lowest BCUT2D eigenvalue weighted by atomic mass is 10.0. The first kappa shape index (κ1) is 47.0. The summed E-state index contributed by atoms with van der Waals surface area (Å²) >= 11 is 1.32. The Hall–Kier alpha value is -5.73. The van der Waals surface area contributed by atoms with Gasteiger partial charge in [-0.2, -0.15) is 0 Å². The minimum absolute atomic E-state index is 0.00307. The Morgan fingerprint density at radius 3 is 2.18 bits per heavy atom. The van der Waals surface area contributed by atoms with Crippen molar-refractivity contribution in [2.24, 2.45) is 22.8 Å². The van der Waals surface area contributed by atoms with Crippen LogP contribution in [0.2, 0.25) is 0 Å². The number of hydrogen-bond donors (Lipinski definition) is 6. The maximum absolute atomic E-state index is 13.5. The van der Waals surface area contributed by atoms with Crippen molar-refractivity contribution in [3.05, 3.63) is 29.8 Å². The largest absolute Gasteiger partial charge is 0.445 e. The molecule has 2 heterocycles. The van der Waals surface area contributed by atoms with Crippen LogP contribution >= 0.6 is 11.8 Å². The maximum atomic E-state index is 13.5. The van der Waals surface area contributed by atoms with Gasteiger partial charge in [0.05, 0.1) is 11.7 Å². The Kier molecular flexibility index (Phi) is 17.2. The minimum Gasteiger partial charge on any atom is -0.445 e. The van der Waals surface area contributed by atoms with Crippen molar-refractivity contribution in [2.75, 3.05) is 24.2 Å². The monoisotopic (exact) mass is 858 g/mol. The van der Waals surface area contributed by atoms with Crippen LogP contribution in [0.3, 0.4) is 0 Å². The van der Waals surface area contributed by atoms with E-state index in [0.717, 1.165) is 12.8 Å². The molecular weight excluding hydrogens is 805 g/mol. The molecule has 2 aliphatic heterocycles. The zero-order valence-corrected chi connectivity index (χ0v) is 34.6. The molecule has 1 saturated carbocycles. The van der Waals surface area contributed by atoms with Crippen LogP contribution in [-0.2, 0) is 54.5 Å². The van der Waals surface area contributed by atoms with E-state index < -0.39 is 70.4 Å². The van der Waals surface area contributed by atoms with Gasteiger partial charge in [0.1, 0.15) is 18.7 Å². The molecule has 20 nitrogen and oxygen atoms in total. The van der Waals surface area contributed by atoms with E-state index >= 15 is 0 Å². The van der Waals surface area contributed by atoms with Crippen LogP contribution in [0.1, 0.15) is 96.5 Å². The van der Waals surface area contributed by atoms with Crippen molar-refractivity contribution in [3.63, 3.8) is 0 Å². The van der Waals surface area contributed by atoms with Gasteiger partial charge in [-0.3, -0.25) is 38.5 Å². The number of hydrogen-bond acceptors (Lipinski definition) is 13. The summed E-state index contributed by atoms with van der Waals surface area (Å²) < 4.78 is 4.76. The molecule has 21 heteroatoms. The fourth-order valence-electron chi connectivity index (χ4n) is 6.57. The molecule has 3 fully saturated rings. The molecule has 1 aliphatic carbocycles. The van der Waals surface area contributed by atoms with Crippen molar-refractivity contribution in [3.8, 4) is 0 Å². The molecule has 1 aromatic rings. The van der Waals surface area contributed by atoms with Gasteiger partial charge in [-0.05, 0) is 67.6 Å². The summed E-state index contributed by atoms with van der Waals surface area (Å²) in [5.41, 5.74) is 10.8. The Morgan fingerprint density at radius 1 is 0.883 bits per heavy atom. The molecule has 2 saturated heterocycles. The third-order valence-electron chi connectivity index (χ3n) is 10.2. The average molecular weight is 859 g/mol. The summed E-state index contributed by atoms with van der Waals surface area (Å²) in [5, 5.41) is 10.6. The smallest absolute Gasteiger partial charge is 0.404 e. The van der Waals surface area contributed by atoms with Crippen molar-refractivity contribution in [2.45, 2.75) is 115 Å². The van der Waals surface area contributed by atoms with E-state index in [1.54, 1.807) is 38.1 Å². The molecule has 0 aromatic heterocycles. The normalized spacial score (nSPS) is 17.9. The van der Waals surface area contributed by atoms with Crippen LogP contribution in [0, 0.1) is 11.3 Å². The first-order chi connectivity index (χ1) is 28.5. The maximum Gasteiger partial charge on any atom is 0.404 e. The summed E-state index contributed by atoms with van der Waals surface area (Å²) in [6, 6.07) is 3.66. The van der Waals surface area contributed by atoms with E-state index in [4.69, 9.17) is 21.0 Å². The molecule has 4 rings (SSSR count). The Morgan fingerprint density at radius 2 is 1.57 bits per heavy atom. The summed E-state index contributed by atoms with van der Waals surface area (Å²) in [4.78, 5) is 130. The fraction of sp³-hybridized carbons (Fsp3) is 0.590. The molecule has 60 heavy (non-hydrogen) atoms. The molecule has 3 atom stereocenters. The minimum atomic E-state index is -1.04. The number of nitrogens with zero attached hydrogens (tertiary/aromatic N) is 2. The van der Waals surface area contributed by atoms with E-state index in [-0.39, 0.29) is 76.0 Å². The van der Waals surface area contributed by atoms with Gasteiger partial charge >= 0.3 is 18.1 Å². The molecule has 1 unspecified atom stereocenters. The number of likely N-dealkylation sites (tertiary alicyclic amines) is 1. The highest BCUT2D eigenvalue weighted by molar-refractivity contribution is 8.00. The number of primary amides is 2. The molecule has 8 N–H and O–H groups in total. The molecule has 0 spiro atoms. The summed E-state index contributed by atoms with van der Waals surface area (Å²) in [6.45, 7) is 3.78. The van der Waals surface area contributed by atoms with Crippen LogP contribution < -0.4 is 32.7 Å². The van der Waals surface area contributed by atoms with Crippen molar-refractivity contribution >= 4 is 76.9 Å². The molecule has 328 valence electrons. The van der Waals surface area contributed by atoms with Crippen LogP contribution in [0.4, 0.5) is 15.3 Å². The van der Waals surface area contributed by atoms with Crippen LogP contribution in [-0.4, -0.2) is 106 Å². The van der Waals surface area contributed by atoms with Crippen molar-refractivity contribution in [1.29, 1.82) is 0 Å². The van der Waals surface area contributed by atoms with Gasteiger partial charge in [-0.1, -0.05) is 32.4 Å². The molecule has 10 amide bonds. The lowest BCUT2D eigenvalue weighted by Crippen LogP contribution is -2.54. The second kappa shape index (κ2) is 22.0. The first-order valence-corrected chi connectivity index (χ1v) is 21.0. The SMILES string of the molecule is CC(C)[C@H](NC(=O)CCCCCN1C(=O)CC(SCC2(CC(=O)ON3C(=O)CCC3=O)CC2)C1=O)C(=O)N[C@@H](CCCNC(N)=O)C(=O)Nc1ccc(COC(N)=O)cc1. The average Bonchev–Trinajstić information content (AvgIpc) is 3.81. The number of ether oxygens (including phenoxy) is 1. The number of rotatable bonds is 24. The number of carbonyl (C=O) groups is 10.